The second-order valence-electron chi connectivity index (χ2n) is 13.4. The molecule has 0 bridgehead atoms. The number of para-hydroxylation sites is 3. The first-order chi connectivity index (χ1) is 25.3. The normalized spacial score (nSPS) is 18.2. The third-order valence-corrected chi connectivity index (χ3v) is 10.6. The van der Waals surface area contributed by atoms with Gasteiger partial charge in [-0.25, -0.2) is 0 Å². The lowest BCUT2D eigenvalue weighted by Crippen LogP contribution is -2.56. The molecule has 11 rings (SSSR count). The maximum Gasteiger partial charge on any atom is 0.142 e. The first-order valence-corrected chi connectivity index (χ1v) is 17.6. The van der Waals surface area contributed by atoms with E-state index in [1.165, 1.54) is 43.7 Å². The van der Waals surface area contributed by atoms with Crippen LogP contribution in [0.25, 0.3) is 71.2 Å². The van der Waals surface area contributed by atoms with Gasteiger partial charge >= 0.3 is 0 Å². The summed E-state index contributed by atoms with van der Waals surface area (Å²) in [6.45, 7) is 0. The summed E-state index contributed by atoms with van der Waals surface area (Å²) in [6.07, 6.45) is -0.452. The van der Waals surface area contributed by atoms with Crippen LogP contribution >= 0.6 is 0 Å². The fourth-order valence-corrected chi connectivity index (χ4v) is 8.48. The molecule has 10 aromatic rings. The van der Waals surface area contributed by atoms with Crippen molar-refractivity contribution >= 4 is 65.6 Å². The van der Waals surface area contributed by atoms with Gasteiger partial charge in [0.1, 0.15) is 17.5 Å². The van der Waals surface area contributed by atoms with E-state index in [1.54, 1.807) is 0 Å². The molecule has 3 aromatic heterocycles. The quantitative estimate of drug-likeness (QED) is 0.176. The zero-order chi connectivity index (χ0) is 33.5. The van der Waals surface area contributed by atoms with Gasteiger partial charge in [0.15, 0.2) is 0 Å². The Balaban J connectivity index is 1.27. The largest absolute Gasteiger partial charge is 0.456 e. The van der Waals surface area contributed by atoms with Crippen molar-refractivity contribution in [3.05, 3.63) is 175 Å². The highest BCUT2D eigenvalue weighted by molar-refractivity contribution is 6.35. The number of benzene rings is 7. The molecular weight excluding hydrogens is 627 g/mol. The Hall–Kier alpha value is -6.18. The molecule has 4 heterocycles. The predicted octanol–water partition coefficient (Wildman–Crippen LogP) is 10.4. The minimum atomic E-state index is -0.253. The van der Waals surface area contributed by atoms with E-state index in [0.717, 1.165) is 38.7 Å². The van der Waals surface area contributed by atoms with Crippen molar-refractivity contribution in [1.82, 2.24) is 25.1 Å². The van der Waals surface area contributed by atoms with Crippen molar-refractivity contribution in [2.24, 2.45) is 0 Å². The molecule has 3 N–H and O–H groups in total. The lowest BCUT2D eigenvalue weighted by molar-refractivity contribution is 0.161. The minimum Gasteiger partial charge on any atom is -0.456 e. The maximum absolute atomic E-state index is 6.53. The van der Waals surface area contributed by atoms with Crippen molar-refractivity contribution in [2.75, 3.05) is 0 Å². The van der Waals surface area contributed by atoms with Crippen molar-refractivity contribution in [2.45, 2.75) is 18.6 Å². The second-order valence-corrected chi connectivity index (χ2v) is 13.4. The van der Waals surface area contributed by atoms with E-state index in [2.05, 4.69) is 183 Å². The number of aromatic nitrogens is 2. The highest BCUT2D eigenvalue weighted by atomic mass is 16.3. The number of rotatable bonds is 4. The Morgan fingerprint density at radius 1 is 0.392 bits per heavy atom. The van der Waals surface area contributed by atoms with Crippen LogP contribution in [-0.4, -0.2) is 9.13 Å². The number of furan rings is 1. The van der Waals surface area contributed by atoms with Gasteiger partial charge < -0.3 is 13.6 Å². The minimum absolute atomic E-state index is 0.0997. The first-order valence-electron chi connectivity index (χ1n) is 17.6. The van der Waals surface area contributed by atoms with E-state index >= 15 is 0 Å². The molecule has 6 heteroatoms. The van der Waals surface area contributed by atoms with Crippen LogP contribution in [0, 0.1) is 0 Å². The zero-order valence-electron chi connectivity index (χ0n) is 27.6. The molecule has 0 amide bonds. The molecule has 1 saturated heterocycles. The molecule has 2 unspecified atom stereocenters. The standard InChI is InChI=1S/C45H33N5O/c1-4-14-28(15-5-1)43-46-44(29-16-6-2-7-17-29)48-45(47-43)50-35-25-24-34-39(31-20-10-12-22-33(31)49(34)30-18-8-3-9-19-30)41(35)42-36(50)26-27-38-40(42)32-21-11-13-23-37(32)51-38/h1-27,43-48H. The van der Waals surface area contributed by atoms with Crippen LogP contribution < -0.4 is 16.0 Å². The Bertz CT molecular complexity index is 2860. The third kappa shape index (κ3) is 4.28. The van der Waals surface area contributed by atoms with Gasteiger partial charge in [0, 0.05) is 38.0 Å². The monoisotopic (exact) mass is 659 g/mol. The zero-order valence-corrected chi connectivity index (χ0v) is 27.6. The fraction of sp³-hybridized carbons (Fsp3) is 0.0667. The average Bonchev–Trinajstić information content (AvgIpc) is 3.86. The van der Waals surface area contributed by atoms with E-state index in [4.69, 9.17) is 4.42 Å². The van der Waals surface area contributed by atoms with Crippen LogP contribution in [0.2, 0.25) is 0 Å². The summed E-state index contributed by atoms with van der Waals surface area (Å²) in [7, 11) is 0. The molecule has 0 spiro atoms. The van der Waals surface area contributed by atoms with Gasteiger partial charge in [-0.05, 0) is 59.7 Å². The lowest BCUT2D eigenvalue weighted by Gasteiger charge is -2.40. The fourth-order valence-electron chi connectivity index (χ4n) is 8.48. The van der Waals surface area contributed by atoms with E-state index in [1.807, 2.05) is 6.07 Å². The summed E-state index contributed by atoms with van der Waals surface area (Å²) < 4.78 is 11.4. The Kier molecular flexibility index (Phi) is 6.27. The van der Waals surface area contributed by atoms with Gasteiger partial charge in [-0.3, -0.25) is 16.0 Å². The van der Waals surface area contributed by atoms with Gasteiger partial charge in [-0.1, -0.05) is 115 Å². The van der Waals surface area contributed by atoms with Crippen LogP contribution in [-0.2, 0) is 0 Å². The Morgan fingerprint density at radius 3 is 1.65 bits per heavy atom. The molecule has 244 valence electrons. The van der Waals surface area contributed by atoms with Gasteiger partial charge in [0.2, 0.25) is 0 Å². The predicted molar refractivity (Wildman–Crippen MR) is 208 cm³/mol. The Morgan fingerprint density at radius 2 is 0.941 bits per heavy atom. The summed E-state index contributed by atoms with van der Waals surface area (Å²) in [6, 6.07) is 58.2. The second kappa shape index (κ2) is 11.2. The topological polar surface area (TPSA) is 59.1 Å². The molecular formula is C45H33N5O. The SMILES string of the molecule is c1ccc(C2NC(c3ccccc3)NC(n3c4ccc5oc6ccccc6c5c4c4c5c6ccccc6n(-c6ccccc6)c5ccc43)N2)cc1. The molecule has 0 saturated carbocycles. The van der Waals surface area contributed by atoms with E-state index in [0.29, 0.717) is 0 Å². The summed E-state index contributed by atoms with van der Waals surface area (Å²) in [5.74, 6) is 0. The van der Waals surface area contributed by atoms with E-state index in [9.17, 15) is 0 Å². The molecule has 0 aliphatic carbocycles. The highest BCUT2D eigenvalue weighted by Crippen LogP contribution is 2.46. The molecule has 51 heavy (non-hydrogen) atoms. The van der Waals surface area contributed by atoms with Crippen LogP contribution in [0.1, 0.15) is 29.7 Å². The number of hydrogen-bond acceptors (Lipinski definition) is 4. The van der Waals surface area contributed by atoms with Crippen molar-refractivity contribution in [1.29, 1.82) is 0 Å². The third-order valence-electron chi connectivity index (χ3n) is 10.6. The molecule has 2 atom stereocenters. The maximum atomic E-state index is 6.53. The molecule has 1 aliphatic heterocycles. The van der Waals surface area contributed by atoms with Crippen LogP contribution in [0.3, 0.4) is 0 Å². The van der Waals surface area contributed by atoms with Crippen molar-refractivity contribution in [3.63, 3.8) is 0 Å². The molecule has 6 nitrogen and oxygen atoms in total. The van der Waals surface area contributed by atoms with Gasteiger partial charge in [-0.2, -0.15) is 0 Å². The molecule has 0 radical (unpaired) electrons. The van der Waals surface area contributed by atoms with E-state index < -0.39 is 0 Å². The number of nitrogens with one attached hydrogen (secondary N) is 3. The van der Waals surface area contributed by atoms with Gasteiger partial charge in [0.05, 0.1) is 34.4 Å². The summed E-state index contributed by atoms with van der Waals surface area (Å²) >= 11 is 0. The number of nitrogens with zero attached hydrogens (tertiary/aromatic N) is 2. The number of fused-ring (bicyclic) bond motifs is 11. The van der Waals surface area contributed by atoms with Crippen molar-refractivity contribution < 1.29 is 4.42 Å². The van der Waals surface area contributed by atoms with Crippen LogP contribution in [0.5, 0.6) is 0 Å². The smallest absolute Gasteiger partial charge is 0.142 e. The van der Waals surface area contributed by atoms with Gasteiger partial charge in [0.25, 0.3) is 0 Å². The average molecular weight is 660 g/mol. The lowest BCUT2D eigenvalue weighted by atomic mass is 10.0. The summed E-state index contributed by atoms with van der Waals surface area (Å²) in [5, 5.41) is 18.9. The Labute approximate surface area is 293 Å². The van der Waals surface area contributed by atoms with Gasteiger partial charge in [-0.15, -0.1) is 0 Å². The molecule has 1 fully saturated rings. The van der Waals surface area contributed by atoms with Crippen LogP contribution in [0.15, 0.2) is 168 Å². The summed E-state index contributed by atoms with van der Waals surface area (Å²) in [4.78, 5) is 0. The van der Waals surface area contributed by atoms with E-state index in [-0.39, 0.29) is 18.6 Å². The van der Waals surface area contributed by atoms with Crippen molar-refractivity contribution in [3.8, 4) is 5.69 Å². The molecule has 7 aromatic carbocycles. The first kappa shape index (κ1) is 28.6. The number of hydrogen-bond donors (Lipinski definition) is 3. The summed E-state index contributed by atoms with van der Waals surface area (Å²) in [5.41, 5.74) is 9.94. The highest BCUT2D eigenvalue weighted by Gasteiger charge is 2.33. The molecule has 1 aliphatic rings. The van der Waals surface area contributed by atoms with Crippen LogP contribution in [0.4, 0.5) is 0 Å².